The zero-order valence-corrected chi connectivity index (χ0v) is 9.45. The number of allylic oxidation sites excluding steroid dienone is 2. The highest BCUT2D eigenvalue weighted by atomic mass is 32.1. The number of nitrogen functional groups attached to an aromatic ring is 1. The average molecular weight is 244 g/mol. The number of anilines is 1. The van der Waals surface area contributed by atoms with Crippen LogP contribution in [-0.2, 0) is 0 Å². The monoisotopic (exact) mass is 244 g/mol. The first kappa shape index (κ1) is 11.0. The van der Waals surface area contributed by atoms with Crippen molar-refractivity contribution in [1.82, 2.24) is 10.3 Å². The lowest BCUT2D eigenvalue weighted by atomic mass is 10.2. The van der Waals surface area contributed by atoms with Gasteiger partial charge < -0.3 is 11.1 Å². The van der Waals surface area contributed by atoms with Crippen molar-refractivity contribution in [2.24, 2.45) is 4.99 Å². The zero-order chi connectivity index (χ0) is 12.3. The summed E-state index contributed by atoms with van der Waals surface area (Å²) in [6.07, 6.45) is 4.67. The van der Waals surface area contributed by atoms with Crippen LogP contribution in [0.5, 0.6) is 0 Å². The van der Waals surface area contributed by atoms with E-state index in [9.17, 15) is 0 Å². The quantitative estimate of drug-likeness (QED) is 0.677. The Morgan fingerprint density at radius 3 is 3.00 bits per heavy atom. The van der Waals surface area contributed by atoms with E-state index in [1.54, 1.807) is 18.5 Å². The maximum atomic E-state index is 8.46. The summed E-state index contributed by atoms with van der Waals surface area (Å²) in [5, 5.41) is 20.9. The number of nitrogens with one attached hydrogen (secondary N) is 2. The predicted molar refractivity (Wildman–Crippen MR) is 67.6 cm³/mol. The van der Waals surface area contributed by atoms with Gasteiger partial charge in [0.05, 0.1) is 5.69 Å². The van der Waals surface area contributed by atoms with E-state index in [4.69, 9.17) is 16.4 Å². The highest BCUT2D eigenvalue weighted by Crippen LogP contribution is 2.19. The van der Waals surface area contributed by atoms with Crippen LogP contribution in [0.4, 0.5) is 5.13 Å². The van der Waals surface area contributed by atoms with E-state index in [0.717, 1.165) is 11.3 Å². The summed E-state index contributed by atoms with van der Waals surface area (Å²) in [5.74, 6) is 0.448. The number of nitrogens with zero attached hydrogens (tertiary/aromatic N) is 3. The molecular formula is C10H8N6S. The summed E-state index contributed by atoms with van der Waals surface area (Å²) in [6.45, 7) is 0. The van der Waals surface area contributed by atoms with Gasteiger partial charge in [-0.15, -0.1) is 11.3 Å². The molecule has 2 heterocycles. The Labute approximate surface area is 101 Å². The SMILES string of the molecule is N#CC(=N)/C=C1/N=CC(c2csc(N)n2)=CN1. The third-order valence-corrected chi connectivity index (χ3v) is 2.61. The van der Waals surface area contributed by atoms with Crippen LogP contribution in [-0.4, -0.2) is 16.9 Å². The van der Waals surface area contributed by atoms with Gasteiger partial charge in [0.15, 0.2) is 5.13 Å². The second-order valence-electron chi connectivity index (χ2n) is 3.13. The maximum absolute atomic E-state index is 8.46. The van der Waals surface area contributed by atoms with Gasteiger partial charge in [0.1, 0.15) is 17.6 Å². The van der Waals surface area contributed by atoms with E-state index < -0.39 is 0 Å². The Morgan fingerprint density at radius 2 is 2.47 bits per heavy atom. The largest absolute Gasteiger partial charge is 0.375 e. The molecule has 0 amide bonds. The van der Waals surface area contributed by atoms with Crippen LogP contribution in [0.3, 0.4) is 0 Å². The molecule has 17 heavy (non-hydrogen) atoms. The van der Waals surface area contributed by atoms with Gasteiger partial charge >= 0.3 is 0 Å². The first-order valence-corrected chi connectivity index (χ1v) is 5.49. The Hall–Kier alpha value is -2.46. The fourth-order valence-electron chi connectivity index (χ4n) is 1.17. The summed E-state index contributed by atoms with van der Waals surface area (Å²) >= 11 is 1.36. The Bertz CT molecular complexity index is 586. The van der Waals surface area contributed by atoms with Crippen molar-refractivity contribution in [2.45, 2.75) is 0 Å². The lowest BCUT2D eigenvalue weighted by molar-refractivity contribution is 1.03. The molecule has 0 atom stereocenters. The van der Waals surface area contributed by atoms with Gasteiger partial charge in [0.25, 0.3) is 0 Å². The van der Waals surface area contributed by atoms with Gasteiger partial charge in [0.2, 0.25) is 0 Å². The van der Waals surface area contributed by atoms with Crippen molar-refractivity contribution in [1.29, 1.82) is 10.7 Å². The molecular weight excluding hydrogens is 236 g/mol. The summed E-state index contributed by atoms with van der Waals surface area (Å²) < 4.78 is 0. The highest BCUT2D eigenvalue weighted by Gasteiger charge is 2.08. The van der Waals surface area contributed by atoms with Crippen LogP contribution in [0, 0.1) is 16.7 Å². The summed E-state index contributed by atoms with van der Waals surface area (Å²) in [7, 11) is 0. The highest BCUT2D eigenvalue weighted by molar-refractivity contribution is 7.13. The van der Waals surface area contributed by atoms with Crippen LogP contribution in [0.1, 0.15) is 5.69 Å². The number of rotatable bonds is 2. The van der Waals surface area contributed by atoms with Crippen LogP contribution < -0.4 is 11.1 Å². The second-order valence-corrected chi connectivity index (χ2v) is 4.02. The normalized spacial score (nSPS) is 16.2. The van der Waals surface area contributed by atoms with Gasteiger partial charge in [-0.2, -0.15) is 5.26 Å². The summed E-state index contributed by atoms with van der Waals surface area (Å²) in [6, 6.07) is 1.70. The maximum Gasteiger partial charge on any atom is 0.180 e. The third kappa shape index (κ3) is 2.56. The van der Waals surface area contributed by atoms with Gasteiger partial charge in [-0.05, 0) is 0 Å². The standard InChI is InChI=1S/C10H8N6S/c11-2-7(12)1-9-14-3-6(4-15-9)8-5-17-10(13)16-8/h1,3-5,12,14H,(H2,13,16)/b9-1+,12-7?. The van der Waals surface area contributed by atoms with E-state index in [-0.39, 0.29) is 5.71 Å². The molecule has 7 heteroatoms. The minimum absolute atomic E-state index is 0.153. The molecule has 1 aliphatic rings. The van der Waals surface area contributed by atoms with Crippen molar-refractivity contribution in [2.75, 3.05) is 5.73 Å². The van der Waals surface area contributed by atoms with E-state index in [0.29, 0.717) is 11.0 Å². The fraction of sp³-hybridized carbons (Fsp3) is 0. The number of hydrogen-bond donors (Lipinski definition) is 3. The van der Waals surface area contributed by atoms with Crippen LogP contribution in [0.2, 0.25) is 0 Å². The number of thiazole rings is 1. The molecule has 0 radical (unpaired) electrons. The average Bonchev–Trinajstić information content (AvgIpc) is 2.77. The third-order valence-electron chi connectivity index (χ3n) is 1.94. The number of aromatic nitrogens is 1. The summed E-state index contributed by atoms with van der Waals surface area (Å²) in [4.78, 5) is 8.19. The molecule has 0 fully saturated rings. The van der Waals surface area contributed by atoms with Gasteiger partial charge in [0, 0.05) is 29.4 Å². The minimum atomic E-state index is -0.153. The van der Waals surface area contributed by atoms with Gasteiger partial charge in [-0.1, -0.05) is 0 Å². The second kappa shape index (κ2) is 4.59. The number of aliphatic imine (C=N–C) groups is 1. The van der Waals surface area contributed by atoms with Crippen LogP contribution in [0.25, 0.3) is 5.57 Å². The van der Waals surface area contributed by atoms with Crippen LogP contribution >= 0.6 is 11.3 Å². The molecule has 0 aliphatic carbocycles. The van der Waals surface area contributed by atoms with E-state index in [2.05, 4.69) is 15.3 Å². The van der Waals surface area contributed by atoms with Gasteiger partial charge in [-0.3, -0.25) is 5.41 Å². The molecule has 0 bridgehead atoms. The number of nitrogens with two attached hydrogens (primary N) is 1. The Balaban J connectivity index is 2.15. The summed E-state index contributed by atoms with van der Waals surface area (Å²) in [5.41, 5.74) is 6.94. The van der Waals surface area contributed by atoms with Crippen molar-refractivity contribution in [3.8, 4) is 6.07 Å². The fourth-order valence-corrected chi connectivity index (χ4v) is 1.75. The molecule has 0 spiro atoms. The van der Waals surface area contributed by atoms with Gasteiger partial charge in [-0.25, -0.2) is 9.98 Å². The van der Waals surface area contributed by atoms with Crippen molar-refractivity contribution in [3.63, 3.8) is 0 Å². The first-order valence-electron chi connectivity index (χ1n) is 4.61. The molecule has 0 aromatic carbocycles. The lowest BCUT2D eigenvalue weighted by Gasteiger charge is -2.08. The molecule has 4 N–H and O–H groups in total. The molecule has 0 saturated heterocycles. The van der Waals surface area contributed by atoms with E-state index >= 15 is 0 Å². The topological polar surface area (TPSA) is 111 Å². The number of nitriles is 1. The van der Waals surface area contributed by atoms with E-state index in [1.807, 2.05) is 5.38 Å². The zero-order valence-electron chi connectivity index (χ0n) is 8.64. The van der Waals surface area contributed by atoms with Crippen molar-refractivity contribution in [3.05, 3.63) is 29.2 Å². The molecule has 0 saturated carbocycles. The molecule has 84 valence electrons. The lowest BCUT2D eigenvalue weighted by Crippen LogP contribution is -2.11. The van der Waals surface area contributed by atoms with Crippen molar-refractivity contribution < 1.29 is 0 Å². The molecule has 1 aromatic rings. The number of hydrogen-bond acceptors (Lipinski definition) is 7. The molecule has 1 aliphatic heterocycles. The predicted octanol–water partition coefficient (Wildman–Crippen LogP) is 1.12. The molecule has 1 aromatic heterocycles. The molecule has 2 rings (SSSR count). The first-order chi connectivity index (χ1) is 8.19. The molecule has 6 nitrogen and oxygen atoms in total. The minimum Gasteiger partial charge on any atom is -0.375 e. The Kier molecular flexibility index (Phi) is 2.98. The van der Waals surface area contributed by atoms with Crippen molar-refractivity contribution >= 4 is 34.0 Å². The Morgan fingerprint density at radius 1 is 1.65 bits per heavy atom. The smallest absolute Gasteiger partial charge is 0.180 e. The van der Waals surface area contributed by atoms with Crippen LogP contribution in [0.15, 0.2) is 28.5 Å². The van der Waals surface area contributed by atoms with E-state index in [1.165, 1.54) is 17.4 Å². The molecule has 0 unspecified atom stereocenters.